The van der Waals surface area contributed by atoms with Crippen molar-refractivity contribution in [1.82, 2.24) is 4.90 Å². The van der Waals surface area contributed by atoms with E-state index in [1.807, 2.05) is 61.5 Å². The summed E-state index contributed by atoms with van der Waals surface area (Å²) in [5, 5.41) is 2.87. The summed E-state index contributed by atoms with van der Waals surface area (Å²) in [7, 11) is 0. The zero-order chi connectivity index (χ0) is 19.8. The van der Waals surface area contributed by atoms with Crippen LogP contribution in [-0.2, 0) is 9.53 Å². The largest absolute Gasteiger partial charge is 0.490 e. The van der Waals surface area contributed by atoms with Gasteiger partial charge in [-0.3, -0.25) is 4.79 Å². The third-order valence-corrected chi connectivity index (χ3v) is 4.82. The van der Waals surface area contributed by atoms with Crippen LogP contribution in [0.15, 0.2) is 54.6 Å². The number of carbonyl (C=O) groups excluding carboxylic acids is 2. The van der Waals surface area contributed by atoms with E-state index in [2.05, 4.69) is 5.32 Å². The van der Waals surface area contributed by atoms with Crippen molar-refractivity contribution in [2.24, 2.45) is 5.92 Å². The van der Waals surface area contributed by atoms with Gasteiger partial charge in [-0.15, -0.1) is 0 Å². The fourth-order valence-electron chi connectivity index (χ4n) is 3.17. The van der Waals surface area contributed by atoms with Gasteiger partial charge in [0.1, 0.15) is 19.0 Å². The quantitative estimate of drug-likeness (QED) is 0.608. The molecule has 0 unspecified atom stereocenters. The van der Waals surface area contributed by atoms with E-state index in [1.165, 1.54) is 0 Å². The Kier molecular flexibility index (Phi) is 6.89. The topological polar surface area (TPSA) is 67.9 Å². The Morgan fingerprint density at radius 2 is 1.68 bits per heavy atom. The molecule has 2 amide bonds. The van der Waals surface area contributed by atoms with E-state index in [-0.39, 0.29) is 24.5 Å². The maximum absolute atomic E-state index is 12.3. The molecule has 2 aromatic rings. The number of hydrogen-bond donors (Lipinski definition) is 1. The van der Waals surface area contributed by atoms with E-state index in [0.717, 1.165) is 17.0 Å². The summed E-state index contributed by atoms with van der Waals surface area (Å²) in [6.07, 6.45) is 1.22. The summed E-state index contributed by atoms with van der Waals surface area (Å²) in [6, 6.07) is 17.0. The third kappa shape index (κ3) is 5.49. The highest BCUT2D eigenvalue weighted by Gasteiger charge is 2.28. The SMILES string of the molecule is Cc1ccccc1OCCOC(=O)C1CCN(C(=O)Nc2ccccc2)CC1. The lowest BCUT2D eigenvalue weighted by molar-refractivity contribution is -0.150. The number of rotatable bonds is 6. The van der Waals surface area contributed by atoms with Crippen molar-refractivity contribution in [2.45, 2.75) is 19.8 Å². The van der Waals surface area contributed by atoms with Crippen molar-refractivity contribution in [3.05, 3.63) is 60.2 Å². The van der Waals surface area contributed by atoms with Crippen molar-refractivity contribution >= 4 is 17.7 Å². The third-order valence-electron chi connectivity index (χ3n) is 4.82. The zero-order valence-corrected chi connectivity index (χ0v) is 16.1. The second kappa shape index (κ2) is 9.78. The van der Waals surface area contributed by atoms with E-state index >= 15 is 0 Å². The minimum absolute atomic E-state index is 0.135. The van der Waals surface area contributed by atoms with E-state index in [0.29, 0.717) is 32.5 Å². The smallest absolute Gasteiger partial charge is 0.321 e. The average molecular weight is 382 g/mol. The van der Waals surface area contributed by atoms with E-state index in [1.54, 1.807) is 4.90 Å². The molecule has 1 saturated heterocycles. The van der Waals surface area contributed by atoms with Crippen LogP contribution in [0.25, 0.3) is 0 Å². The van der Waals surface area contributed by atoms with Gasteiger partial charge in [0.2, 0.25) is 0 Å². The van der Waals surface area contributed by atoms with Gasteiger partial charge in [-0.2, -0.15) is 0 Å². The Bertz CT molecular complexity index is 786. The van der Waals surface area contributed by atoms with Gasteiger partial charge in [-0.25, -0.2) is 4.79 Å². The van der Waals surface area contributed by atoms with Gasteiger partial charge in [0.15, 0.2) is 0 Å². The number of nitrogens with zero attached hydrogens (tertiary/aromatic N) is 1. The molecule has 1 N–H and O–H groups in total. The van der Waals surface area contributed by atoms with Gasteiger partial charge < -0.3 is 19.7 Å². The molecule has 0 aliphatic carbocycles. The zero-order valence-electron chi connectivity index (χ0n) is 16.1. The predicted octanol–water partition coefficient (Wildman–Crippen LogP) is 3.86. The number of anilines is 1. The number of amides is 2. The Balaban J connectivity index is 1.35. The van der Waals surface area contributed by atoms with Crippen LogP contribution in [0.3, 0.4) is 0 Å². The number of urea groups is 1. The molecule has 0 spiro atoms. The van der Waals surface area contributed by atoms with E-state index < -0.39 is 0 Å². The number of para-hydroxylation sites is 2. The van der Waals surface area contributed by atoms with E-state index in [4.69, 9.17) is 9.47 Å². The summed E-state index contributed by atoms with van der Waals surface area (Å²) >= 11 is 0. The molecule has 1 aliphatic rings. The number of aryl methyl sites for hydroxylation is 1. The molecule has 0 saturated carbocycles. The lowest BCUT2D eigenvalue weighted by atomic mass is 9.97. The maximum Gasteiger partial charge on any atom is 0.321 e. The number of benzene rings is 2. The van der Waals surface area contributed by atoms with E-state index in [9.17, 15) is 9.59 Å². The molecule has 1 fully saturated rings. The summed E-state index contributed by atoms with van der Waals surface area (Å²) in [5.74, 6) is 0.423. The van der Waals surface area contributed by atoms with Crippen LogP contribution in [0.4, 0.5) is 10.5 Å². The van der Waals surface area contributed by atoms with Crippen molar-refractivity contribution in [3.63, 3.8) is 0 Å². The van der Waals surface area contributed by atoms with Crippen molar-refractivity contribution < 1.29 is 19.1 Å². The van der Waals surface area contributed by atoms with Gasteiger partial charge in [-0.1, -0.05) is 36.4 Å². The number of esters is 1. The fourth-order valence-corrected chi connectivity index (χ4v) is 3.17. The second-order valence-electron chi connectivity index (χ2n) is 6.84. The first kappa shape index (κ1) is 19.7. The molecule has 0 bridgehead atoms. The molecule has 28 heavy (non-hydrogen) atoms. The molecule has 6 heteroatoms. The number of hydrogen-bond acceptors (Lipinski definition) is 4. The number of piperidine rings is 1. The van der Waals surface area contributed by atoms with Crippen LogP contribution in [0, 0.1) is 12.8 Å². The van der Waals surface area contributed by atoms with Crippen molar-refractivity contribution in [2.75, 3.05) is 31.6 Å². The van der Waals surface area contributed by atoms with Crippen molar-refractivity contribution in [1.29, 1.82) is 0 Å². The van der Waals surface area contributed by atoms with Gasteiger partial charge in [0.25, 0.3) is 0 Å². The number of ether oxygens (including phenoxy) is 2. The van der Waals surface area contributed by atoms with Crippen LogP contribution in [0.1, 0.15) is 18.4 Å². The van der Waals surface area contributed by atoms with Crippen LogP contribution < -0.4 is 10.1 Å². The van der Waals surface area contributed by atoms with Gasteiger partial charge in [0, 0.05) is 18.8 Å². The van der Waals surface area contributed by atoms with Crippen LogP contribution in [-0.4, -0.2) is 43.2 Å². The highest BCUT2D eigenvalue weighted by molar-refractivity contribution is 5.89. The molecule has 0 radical (unpaired) electrons. The normalized spacial score (nSPS) is 14.4. The summed E-state index contributed by atoms with van der Waals surface area (Å²) in [4.78, 5) is 26.3. The molecule has 148 valence electrons. The molecule has 2 aromatic carbocycles. The van der Waals surface area contributed by atoms with Crippen molar-refractivity contribution in [3.8, 4) is 5.75 Å². The Morgan fingerprint density at radius 3 is 2.39 bits per heavy atom. The lowest BCUT2D eigenvalue weighted by Gasteiger charge is -2.31. The minimum Gasteiger partial charge on any atom is -0.490 e. The number of likely N-dealkylation sites (tertiary alicyclic amines) is 1. The van der Waals surface area contributed by atoms with Crippen LogP contribution in [0.2, 0.25) is 0 Å². The Hall–Kier alpha value is -3.02. The van der Waals surface area contributed by atoms with Crippen LogP contribution >= 0.6 is 0 Å². The number of nitrogens with one attached hydrogen (secondary N) is 1. The highest BCUT2D eigenvalue weighted by Crippen LogP contribution is 2.20. The second-order valence-corrected chi connectivity index (χ2v) is 6.84. The van der Waals surface area contributed by atoms with Gasteiger partial charge in [-0.05, 0) is 43.5 Å². The molecular weight excluding hydrogens is 356 g/mol. The summed E-state index contributed by atoms with van der Waals surface area (Å²) in [6.45, 7) is 3.61. The molecule has 1 heterocycles. The first-order valence-electron chi connectivity index (χ1n) is 9.59. The summed E-state index contributed by atoms with van der Waals surface area (Å²) in [5.41, 5.74) is 1.82. The fraction of sp³-hybridized carbons (Fsp3) is 0.364. The Labute approximate surface area is 165 Å². The maximum atomic E-state index is 12.3. The first-order chi connectivity index (χ1) is 13.6. The molecule has 3 rings (SSSR count). The minimum atomic E-state index is -0.212. The standard InChI is InChI=1S/C22H26N2O4/c1-17-7-5-6-10-20(17)27-15-16-28-21(25)18-11-13-24(14-12-18)22(26)23-19-8-3-2-4-9-19/h2-10,18H,11-16H2,1H3,(H,23,26). The van der Waals surface area contributed by atoms with Crippen LogP contribution in [0.5, 0.6) is 5.75 Å². The molecule has 0 atom stereocenters. The predicted molar refractivity (Wildman–Crippen MR) is 107 cm³/mol. The van der Waals surface area contributed by atoms with Gasteiger partial charge >= 0.3 is 12.0 Å². The molecule has 1 aliphatic heterocycles. The average Bonchev–Trinajstić information content (AvgIpc) is 2.73. The summed E-state index contributed by atoms with van der Waals surface area (Å²) < 4.78 is 11.0. The number of carbonyl (C=O) groups is 2. The van der Waals surface area contributed by atoms with Gasteiger partial charge in [0.05, 0.1) is 5.92 Å². The lowest BCUT2D eigenvalue weighted by Crippen LogP contribution is -2.42. The molecular formula is C22H26N2O4. The molecule has 6 nitrogen and oxygen atoms in total. The monoisotopic (exact) mass is 382 g/mol. The Morgan fingerprint density at radius 1 is 1.00 bits per heavy atom. The molecule has 0 aromatic heterocycles. The highest BCUT2D eigenvalue weighted by atomic mass is 16.6. The first-order valence-corrected chi connectivity index (χ1v) is 9.59.